The van der Waals surface area contributed by atoms with Crippen molar-refractivity contribution in [2.24, 2.45) is 0 Å². The lowest BCUT2D eigenvalue weighted by atomic mass is 10.2. The van der Waals surface area contributed by atoms with Crippen molar-refractivity contribution in [3.05, 3.63) is 72.4 Å². The van der Waals surface area contributed by atoms with Gasteiger partial charge in [0.15, 0.2) is 23.3 Å². The fourth-order valence-electron chi connectivity index (χ4n) is 3.95. The van der Waals surface area contributed by atoms with Gasteiger partial charge in [-0.3, -0.25) is 9.88 Å². The van der Waals surface area contributed by atoms with Gasteiger partial charge in [-0.2, -0.15) is 12.6 Å². The standard InChI is InChI=1S/C19H21N7O5.C7H8O2.C2H6.CH4S/c1-2-20-19(29)25-15-14-16(23-9-22-15)26(10-24-14)13-6-5-11(31-13)8-30-17-12(18(27)28)4-3-7-21-17;8-7(9)6-4-2-1-3-5-6;2*1-2/h3-4,7,9-11,13H,2,5-6,8H2,1H3,(H,27,28)(H2,20,22,23,25,29);1-5,7-9H;1-2H3;2H,1H3. The largest absolute Gasteiger partial charge is 0.477 e. The third-order valence-electron chi connectivity index (χ3n) is 5.83. The van der Waals surface area contributed by atoms with Gasteiger partial charge in [0.1, 0.15) is 24.7 Å². The zero-order valence-electron chi connectivity index (χ0n) is 25.0. The van der Waals surface area contributed by atoms with Gasteiger partial charge in [-0.05, 0) is 38.2 Å². The number of hydrogen-bond acceptors (Lipinski definition) is 11. The molecule has 2 unspecified atom stereocenters. The second-order valence-electron chi connectivity index (χ2n) is 8.58. The van der Waals surface area contributed by atoms with Crippen molar-refractivity contribution < 1.29 is 34.4 Å². The SMILES string of the molecule is CC.CCNC(=O)Nc1ncnc2c1ncn2C1CCC(COc2ncccc2C(=O)O)O1.CS.OC(O)c1ccccc1. The molecule has 0 bridgehead atoms. The second kappa shape index (κ2) is 19.1. The molecular formula is C29H39N7O7S. The van der Waals surface area contributed by atoms with E-state index in [-0.39, 0.29) is 36.4 Å². The van der Waals surface area contributed by atoms with Crippen LogP contribution < -0.4 is 15.4 Å². The summed E-state index contributed by atoms with van der Waals surface area (Å²) >= 11 is 3.53. The number of anilines is 1. The highest BCUT2D eigenvalue weighted by molar-refractivity contribution is 7.79. The second-order valence-corrected chi connectivity index (χ2v) is 8.58. The third kappa shape index (κ3) is 10.2. The van der Waals surface area contributed by atoms with Crippen LogP contribution in [0, 0.1) is 0 Å². The molecule has 2 atom stereocenters. The highest BCUT2D eigenvalue weighted by atomic mass is 32.1. The first-order valence-corrected chi connectivity index (χ1v) is 14.8. The number of nitrogens with zero attached hydrogens (tertiary/aromatic N) is 5. The molecule has 1 fully saturated rings. The Labute approximate surface area is 260 Å². The van der Waals surface area contributed by atoms with Gasteiger partial charge in [0.05, 0.1) is 12.4 Å². The van der Waals surface area contributed by atoms with Crippen molar-refractivity contribution in [1.82, 2.24) is 29.8 Å². The van der Waals surface area contributed by atoms with Gasteiger partial charge in [0.2, 0.25) is 5.88 Å². The number of aromatic carboxylic acids is 1. The number of hydrogen-bond donors (Lipinski definition) is 6. The number of amides is 2. The molecule has 5 rings (SSSR count). The van der Waals surface area contributed by atoms with Gasteiger partial charge >= 0.3 is 12.0 Å². The van der Waals surface area contributed by atoms with Gasteiger partial charge in [0, 0.05) is 18.3 Å². The molecule has 14 nitrogen and oxygen atoms in total. The monoisotopic (exact) mass is 629 g/mol. The first kappa shape index (κ1) is 35.9. The number of carboxylic acid groups (broad SMARTS) is 1. The summed E-state index contributed by atoms with van der Waals surface area (Å²) in [4.78, 5) is 39.8. The average molecular weight is 630 g/mol. The molecule has 2 amide bonds. The summed E-state index contributed by atoms with van der Waals surface area (Å²) in [6, 6.07) is 11.3. The number of aliphatic hydroxyl groups is 2. The molecule has 5 N–H and O–H groups in total. The van der Waals surface area contributed by atoms with E-state index in [0.29, 0.717) is 41.9 Å². The van der Waals surface area contributed by atoms with Gasteiger partial charge in [0.25, 0.3) is 0 Å². The van der Waals surface area contributed by atoms with E-state index < -0.39 is 12.3 Å². The Hall–Kier alpha value is -4.31. The maximum Gasteiger partial charge on any atom is 0.341 e. The summed E-state index contributed by atoms with van der Waals surface area (Å²) in [7, 11) is 0. The van der Waals surface area contributed by atoms with Gasteiger partial charge < -0.3 is 30.1 Å². The lowest BCUT2D eigenvalue weighted by molar-refractivity contribution is -0.0424. The fourth-order valence-corrected chi connectivity index (χ4v) is 3.95. The Morgan fingerprint density at radius 1 is 1.07 bits per heavy atom. The molecule has 15 heteroatoms. The number of pyridine rings is 1. The lowest BCUT2D eigenvalue weighted by Crippen LogP contribution is -2.28. The maximum absolute atomic E-state index is 11.8. The van der Waals surface area contributed by atoms with E-state index in [9.17, 15) is 14.7 Å². The van der Waals surface area contributed by atoms with Gasteiger partial charge in [-0.1, -0.05) is 44.2 Å². The van der Waals surface area contributed by atoms with Crippen LogP contribution in [-0.2, 0) is 4.74 Å². The van der Waals surface area contributed by atoms with E-state index in [1.807, 2.05) is 26.8 Å². The van der Waals surface area contributed by atoms with Crippen molar-refractivity contribution >= 4 is 41.6 Å². The van der Waals surface area contributed by atoms with E-state index >= 15 is 0 Å². The van der Waals surface area contributed by atoms with E-state index in [1.54, 1.807) is 47.5 Å². The minimum atomic E-state index is -1.34. The molecule has 238 valence electrons. The number of rotatable bonds is 8. The molecular weight excluding hydrogens is 590 g/mol. The minimum absolute atomic E-state index is 0.00138. The number of aliphatic hydroxyl groups excluding tert-OH is 1. The Bertz CT molecular complexity index is 1440. The average Bonchev–Trinajstić information content (AvgIpc) is 3.71. The predicted molar refractivity (Wildman–Crippen MR) is 168 cm³/mol. The molecule has 4 aromatic rings. The minimum Gasteiger partial charge on any atom is -0.477 e. The summed E-state index contributed by atoms with van der Waals surface area (Å²) in [5, 5.41) is 31.7. The molecule has 4 heterocycles. The number of thiol groups is 1. The Kier molecular flexibility index (Phi) is 15.5. The fraction of sp³-hybridized carbons (Fsp3) is 0.379. The van der Waals surface area contributed by atoms with Gasteiger partial charge in [-0.25, -0.2) is 29.5 Å². The van der Waals surface area contributed by atoms with Crippen molar-refractivity contribution in [1.29, 1.82) is 0 Å². The normalized spacial score (nSPS) is 15.1. The molecule has 1 aromatic carbocycles. The summed E-state index contributed by atoms with van der Waals surface area (Å²) in [5.74, 6) is -0.734. The first-order chi connectivity index (χ1) is 21.4. The molecule has 0 spiro atoms. The van der Waals surface area contributed by atoms with Crippen LogP contribution in [0.15, 0.2) is 61.3 Å². The zero-order valence-corrected chi connectivity index (χ0v) is 25.9. The van der Waals surface area contributed by atoms with Crippen molar-refractivity contribution in [3.8, 4) is 5.88 Å². The van der Waals surface area contributed by atoms with Crippen LogP contribution >= 0.6 is 12.6 Å². The summed E-state index contributed by atoms with van der Waals surface area (Å²) in [6.07, 6.45) is 5.60. The number of urea groups is 1. The zero-order chi connectivity index (χ0) is 32.5. The van der Waals surface area contributed by atoms with E-state index in [4.69, 9.17) is 19.7 Å². The van der Waals surface area contributed by atoms with E-state index in [0.717, 1.165) is 0 Å². The Balaban J connectivity index is 0.000000438. The Morgan fingerprint density at radius 3 is 2.43 bits per heavy atom. The predicted octanol–water partition coefficient (Wildman–Crippen LogP) is 4.06. The number of imidazole rings is 1. The number of ether oxygens (including phenoxy) is 2. The molecule has 0 aliphatic carbocycles. The van der Waals surface area contributed by atoms with E-state index in [2.05, 4.69) is 43.2 Å². The molecule has 44 heavy (non-hydrogen) atoms. The quantitative estimate of drug-likeness (QED) is 0.122. The molecule has 1 aliphatic rings. The molecule has 0 saturated carbocycles. The molecule has 0 radical (unpaired) electrons. The molecule has 3 aromatic heterocycles. The maximum atomic E-state index is 11.8. The number of carboxylic acids is 1. The smallest absolute Gasteiger partial charge is 0.341 e. The summed E-state index contributed by atoms with van der Waals surface area (Å²) in [5.41, 5.74) is 1.52. The van der Waals surface area contributed by atoms with Crippen LogP contribution in [0.4, 0.5) is 10.6 Å². The van der Waals surface area contributed by atoms with Crippen LogP contribution in [0.5, 0.6) is 5.88 Å². The van der Waals surface area contributed by atoms with Crippen LogP contribution in [0.25, 0.3) is 11.2 Å². The summed E-state index contributed by atoms with van der Waals surface area (Å²) < 4.78 is 13.4. The van der Waals surface area contributed by atoms with Crippen molar-refractivity contribution in [2.45, 2.75) is 52.2 Å². The van der Waals surface area contributed by atoms with Crippen LogP contribution in [0.1, 0.15) is 62.1 Å². The topological polar surface area (TPSA) is 194 Å². The van der Waals surface area contributed by atoms with E-state index in [1.165, 1.54) is 18.6 Å². The van der Waals surface area contributed by atoms with Crippen LogP contribution in [-0.4, -0.2) is 77.3 Å². The number of aromatic nitrogens is 5. The number of fused-ring (bicyclic) bond motifs is 1. The van der Waals surface area contributed by atoms with Crippen LogP contribution in [0.2, 0.25) is 0 Å². The summed E-state index contributed by atoms with van der Waals surface area (Å²) in [6.45, 7) is 6.47. The number of carbonyl (C=O) groups is 2. The van der Waals surface area contributed by atoms with Crippen molar-refractivity contribution in [2.75, 3.05) is 24.7 Å². The van der Waals surface area contributed by atoms with Crippen LogP contribution in [0.3, 0.4) is 0 Å². The number of carbonyl (C=O) groups excluding carboxylic acids is 1. The Morgan fingerprint density at radius 2 is 1.80 bits per heavy atom. The third-order valence-corrected chi connectivity index (χ3v) is 5.83. The first-order valence-electron chi connectivity index (χ1n) is 13.9. The lowest BCUT2D eigenvalue weighted by Gasteiger charge is -2.16. The number of benzene rings is 1. The van der Waals surface area contributed by atoms with Crippen molar-refractivity contribution in [3.63, 3.8) is 0 Å². The highest BCUT2D eigenvalue weighted by Gasteiger charge is 2.29. The van der Waals surface area contributed by atoms with Gasteiger partial charge in [-0.15, -0.1) is 0 Å². The molecule has 1 saturated heterocycles. The molecule has 1 aliphatic heterocycles. The highest BCUT2D eigenvalue weighted by Crippen LogP contribution is 2.31. The number of nitrogens with one attached hydrogen (secondary N) is 2.